The van der Waals surface area contributed by atoms with Gasteiger partial charge in [0.15, 0.2) is 0 Å². The van der Waals surface area contributed by atoms with E-state index in [1.54, 1.807) is 29.2 Å². The molecule has 0 radical (unpaired) electrons. The summed E-state index contributed by atoms with van der Waals surface area (Å²) in [5.74, 6) is -0.625. The smallest absolute Gasteiger partial charge is 0.251 e. The van der Waals surface area contributed by atoms with Gasteiger partial charge in [-0.1, -0.05) is 78.9 Å². The van der Waals surface area contributed by atoms with Gasteiger partial charge in [0.25, 0.3) is 5.91 Å². The van der Waals surface area contributed by atoms with Crippen LogP contribution in [0.3, 0.4) is 0 Å². The zero-order valence-electron chi connectivity index (χ0n) is 17.6. The first-order valence-corrected chi connectivity index (χ1v) is 10.7. The van der Waals surface area contributed by atoms with Crippen molar-refractivity contribution in [3.05, 3.63) is 108 Å². The minimum atomic E-state index is -0.682. The van der Waals surface area contributed by atoms with Crippen LogP contribution in [0.15, 0.2) is 91.0 Å². The molecule has 3 aromatic rings. The lowest BCUT2D eigenvalue weighted by Crippen LogP contribution is -2.52. The lowest BCUT2D eigenvalue weighted by atomic mass is 9.99. The van der Waals surface area contributed by atoms with Crippen LogP contribution in [0.2, 0.25) is 0 Å². The number of hydrogen-bond acceptors (Lipinski definition) is 3. The number of amides is 3. The number of benzene rings is 3. The number of rotatable bonds is 6. The molecule has 0 saturated carbocycles. The summed E-state index contributed by atoms with van der Waals surface area (Å²) in [6.07, 6.45) is 0.0548. The summed E-state index contributed by atoms with van der Waals surface area (Å²) in [4.78, 5) is 40.5. The van der Waals surface area contributed by atoms with Crippen LogP contribution in [0.5, 0.6) is 0 Å². The number of hydrogen-bond donors (Lipinski definition) is 2. The molecule has 6 heteroatoms. The molecular weight excluding hydrogens is 402 g/mol. The highest BCUT2D eigenvalue weighted by Gasteiger charge is 2.35. The summed E-state index contributed by atoms with van der Waals surface area (Å²) in [7, 11) is 0. The molecule has 4 rings (SSSR count). The van der Waals surface area contributed by atoms with Crippen LogP contribution in [0.4, 0.5) is 0 Å². The van der Waals surface area contributed by atoms with Gasteiger partial charge in [-0.3, -0.25) is 14.4 Å². The van der Waals surface area contributed by atoms with Crippen molar-refractivity contribution in [3.63, 3.8) is 0 Å². The number of carbonyl (C=O) groups is 3. The van der Waals surface area contributed by atoms with Crippen LogP contribution in [-0.2, 0) is 9.59 Å². The van der Waals surface area contributed by atoms with Crippen molar-refractivity contribution in [2.75, 3.05) is 13.1 Å². The van der Waals surface area contributed by atoms with Crippen LogP contribution in [-0.4, -0.2) is 35.7 Å². The second-order valence-electron chi connectivity index (χ2n) is 7.70. The minimum absolute atomic E-state index is 0.0548. The van der Waals surface area contributed by atoms with Gasteiger partial charge in [0.2, 0.25) is 11.8 Å². The van der Waals surface area contributed by atoms with Gasteiger partial charge in [0, 0.05) is 18.7 Å². The summed E-state index contributed by atoms with van der Waals surface area (Å²) in [5, 5.41) is 5.85. The third-order valence-electron chi connectivity index (χ3n) is 5.57. The first-order chi connectivity index (χ1) is 15.6. The van der Waals surface area contributed by atoms with Gasteiger partial charge in [-0.25, -0.2) is 0 Å². The lowest BCUT2D eigenvalue weighted by molar-refractivity contribution is -0.144. The van der Waals surface area contributed by atoms with E-state index in [-0.39, 0.29) is 24.1 Å². The quantitative estimate of drug-likeness (QED) is 0.634. The van der Waals surface area contributed by atoms with E-state index in [0.717, 1.165) is 11.1 Å². The molecule has 0 bridgehead atoms. The Kier molecular flexibility index (Phi) is 6.60. The second-order valence-corrected chi connectivity index (χ2v) is 7.70. The largest absolute Gasteiger partial charge is 0.352 e. The zero-order valence-corrected chi connectivity index (χ0v) is 17.6. The molecule has 1 aliphatic rings. The van der Waals surface area contributed by atoms with E-state index in [4.69, 9.17) is 0 Å². The summed E-state index contributed by atoms with van der Waals surface area (Å²) in [6, 6.07) is 26.4. The average molecular weight is 428 g/mol. The van der Waals surface area contributed by atoms with Crippen LogP contribution in [0, 0.1) is 0 Å². The molecule has 1 aliphatic heterocycles. The Hall–Kier alpha value is -3.93. The lowest BCUT2D eigenvalue weighted by Gasteiger charge is -2.36. The van der Waals surface area contributed by atoms with Crippen molar-refractivity contribution < 1.29 is 14.4 Å². The van der Waals surface area contributed by atoms with Crippen molar-refractivity contribution in [3.8, 4) is 0 Å². The fraction of sp³-hybridized carbons (Fsp3) is 0.192. The van der Waals surface area contributed by atoms with E-state index < -0.39 is 12.1 Å². The summed E-state index contributed by atoms with van der Waals surface area (Å²) in [6.45, 7) is 0.818. The molecule has 0 spiro atoms. The predicted molar refractivity (Wildman–Crippen MR) is 122 cm³/mol. The predicted octanol–water partition coefficient (Wildman–Crippen LogP) is 3.25. The number of nitrogens with zero attached hydrogens (tertiary/aromatic N) is 1. The van der Waals surface area contributed by atoms with E-state index in [1.165, 1.54) is 0 Å². The fourth-order valence-corrected chi connectivity index (χ4v) is 3.96. The summed E-state index contributed by atoms with van der Waals surface area (Å²) in [5.41, 5.74) is 2.13. The molecule has 6 nitrogen and oxygen atoms in total. The maximum Gasteiger partial charge on any atom is 0.251 e. The molecule has 0 aliphatic carbocycles. The van der Waals surface area contributed by atoms with Crippen LogP contribution in [0.25, 0.3) is 0 Å². The molecule has 3 aromatic carbocycles. The Morgan fingerprint density at radius 2 is 1.50 bits per heavy atom. The molecule has 2 N–H and O–H groups in total. The van der Waals surface area contributed by atoms with Gasteiger partial charge >= 0.3 is 0 Å². The van der Waals surface area contributed by atoms with Crippen LogP contribution in [0.1, 0.15) is 40.0 Å². The Morgan fingerprint density at radius 1 is 0.906 bits per heavy atom. The molecule has 1 heterocycles. The molecule has 1 saturated heterocycles. The zero-order chi connectivity index (χ0) is 22.3. The van der Waals surface area contributed by atoms with Crippen molar-refractivity contribution in [1.29, 1.82) is 0 Å². The highest BCUT2D eigenvalue weighted by Crippen LogP contribution is 2.26. The molecule has 32 heavy (non-hydrogen) atoms. The maximum absolute atomic E-state index is 13.4. The van der Waals surface area contributed by atoms with Gasteiger partial charge in [0.1, 0.15) is 6.04 Å². The van der Waals surface area contributed by atoms with Gasteiger partial charge in [-0.15, -0.1) is 0 Å². The van der Waals surface area contributed by atoms with E-state index >= 15 is 0 Å². The molecule has 0 aromatic heterocycles. The standard InChI is InChI=1S/C26H25N3O3/c30-23(29-17-16-27-26(32)24(29)20-12-6-2-7-13-20)18-22(19-10-4-1-5-11-19)28-25(31)21-14-8-3-9-15-21/h1-15,22,24H,16-18H2,(H,27,32)(H,28,31)/t22-,24+/m0/s1. The van der Waals surface area contributed by atoms with E-state index in [9.17, 15) is 14.4 Å². The molecule has 2 atom stereocenters. The minimum Gasteiger partial charge on any atom is -0.352 e. The Bertz CT molecular complexity index is 1070. The highest BCUT2D eigenvalue weighted by molar-refractivity contribution is 5.95. The molecule has 162 valence electrons. The second kappa shape index (κ2) is 9.92. The summed E-state index contributed by atoms with van der Waals surface area (Å²) < 4.78 is 0. The first-order valence-electron chi connectivity index (χ1n) is 10.7. The van der Waals surface area contributed by atoms with Gasteiger partial charge in [0.05, 0.1) is 12.5 Å². The monoisotopic (exact) mass is 427 g/mol. The number of carbonyl (C=O) groups excluding carboxylic acids is 3. The molecular formula is C26H25N3O3. The van der Waals surface area contributed by atoms with Crippen molar-refractivity contribution >= 4 is 17.7 Å². The van der Waals surface area contributed by atoms with Crippen molar-refractivity contribution in [1.82, 2.24) is 15.5 Å². The van der Waals surface area contributed by atoms with E-state index in [2.05, 4.69) is 10.6 Å². The third-order valence-corrected chi connectivity index (χ3v) is 5.57. The topological polar surface area (TPSA) is 78.5 Å². The normalized spacial score (nSPS) is 16.7. The molecule has 3 amide bonds. The summed E-state index contributed by atoms with van der Waals surface area (Å²) >= 11 is 0. The van der Waals surface area contributed by atoms with Crippen molar-refractivity contribution in [2.24, 2.45) is 0 Å². The highest BCUT2D eigenvalue weighted by atomic mass is 16.2. The van der Waals surface area contributed by atoms with Gasteiger partial charge < -0.3 is 15.5 Å². The van der Waals surface area contributed by atoms with E-state index in [1.807, 2.05) is 66.7 Å². The maximum atomic E-state index is 13.4. The third kappa shape index (κ3) is 4.86. The Labute approximate surface area is 187 Å². The van der Waals surface area contributed by atoms with Gasteiger partial charge in [-0.2, -0.15) is 0 Å². The Balaban J connectivity index is 1.57. The van der Waals surface area contributed by atoms with Crippen LogP contribution < -0.4 is 10.6 Å². The van der Waals surface area contributed by atoms with Crippen LogP contribution >= 0.6 is 0 Å². The van der Waals surface area contributed by atoms with Crippen molar-refractivity contribution in [2.45, 2.75) is 18.5 Å². The Morgan fingerprint density at radius 3 is 2.16 bits per heavy atom. The molecule has 1 fully saturated rings. The average Bonchev–Trinajstić information content (AvgIpc) is 2.85. The SMILES string of the molecule is O=C(N[C@@H](CC(=O)N1CCNC(=O)[C@H]1c1ccccc1)c1ccccc1)c1ccccc1. The first kappa shape index (κ1) is 21.3. The molecule has 0 unspecified atom stereocenters. The van der Waals surface area contributed by atoms with E-state index in [0.29, 0.717) is 18.7 Å². The van der Waals surface area contributed by atoms with Gasteiger partial charge in [-0.05, 0) is 23.3 Å². The number of piperazine rings is 1. The fourth-order valence-electron chi connectivity index (χ4n) is 3.96. The number of nitrogens with one attached hydrogen (secondary N) is 2.